The van der Waals surface area contributed by atoms with E-state index in [4.69, 9.17) is 4.74 Å². The molecule has 0 radical (unpaired) electrons. The summed E-state index contributed by atoms with van der Waals surface area (Å²) >= 11 is 0. The number of nitrogens with one attached hydrogen (secondary N) is 1. The fourth-order valence-electron chi connectivity index (χ4n) is 1.81. The highest BCUT2D eigenvalue weighted by atomic mass is 32.2. The minimum absolute atomic E-state index is 0.307. The van der Waals surface area contributed by atoms with E-state index in [-0.39, 0.29) is 0 Å². The minimum Gasteiger partial charge on any atom is -0.376 e. The number of rotatable bonds is 7. The van der Waals surface area contributed by atoms with Crippen LogP contribution in [0.15, 0.2) is 12.2 Å². The molecule has 106 valence electrons. The largest absolute Gasteiger partial charge is 0.376 e. The molecule has 0 aliphatic carbocycles. The Kier molecular flexibility index (Phi) is 6.28. The van der Waals surface area contributed by atoms with Crippen LogP contribution >= 0.6 is 0 Å². The first-order valence-electron chi connectivity index (χ1n) is 6.38. The van der Waals surface area contributed by atoms with E-state index in [1.807, 2.05) is 6.92 Å². The van der Waals surface area contributed by atoms with Gasteiger partial charge in [-0.1, -0.05) is 19.1 Å². The first-order valence-corrected chi connectivity index (χ1v) is 7.82. The summed E-state index contributed by atoms with van der Waals surface area (Å²) < 4.78 is 33.2. The molecule has 6 heteroatoms. The second-order valence-corrected chi connectivity index (χ2v) is 6.75. The quantitative estimate of drug-likeness (QED) is 0.560. The number of piperidine rings is 1. The van der Waals surface area contributed by atoms with Gasteiger partial charge in [-0.3, -0.25) is 0 Å². The third kappa shape index (κ3) is 5.48. The predicted octanol–water partition coefficient (Wildman–Crippen LogP) is 1.15. The summed E-state index contributed by atoms with van der Waals surface area (Å²) in [7, 11) is -3.33. The lowest BCUT2D eigenvalue weighted by molar-refractivity contribution is 0.161. The molecule has 0 bridgehead atoms. The van der Waals surface area contributed by atoms with Gasteiger partial charge in [0.15, 0.2) is 0 Å². The Bertz CT molecular complexity index is 360. The summed E-state index contributed by atoms with van der Waals surface area (Å²) in [6.45, 7) is 10.1. The zero-order valence-corrected chi connectivity index (χ0v) is 12.1. The SMILES string of the molecule is C=C(C)COCCNS(=O)(=O)N1CCC(C)CC1. The second kappa shape index (κ2) is 7.23. The van der Waals surface area contributed by atoms with Crippen LogP contribution < -0.4 is 4.72 Å². The zero-order valence-electron chi connectivity index (χ0n) is 11.3. The summed E-state index contributed by atoms with van der Waals surface area (Å²) in [5, 5.41) is 0. The average molecular weight is 276 g/mol. The molecule has 0 aromatic heterocycles. The Balaban J connectivity index is 2.25. The third-order valence-corrected chi connectivity index (χ3v) is 4.58. The molecule has 18 heavy (non-hydrogen) atoms. The minimum atomic E-state index is -3.33. The lowest BCUT2D eigenvalue weighted by atomic mass is 10.0. The van der Waals surface area contributed by atoms with Gasteiger partial charge in [0.1, 0.15) is 0 Å². The van der Waals surface area contributed by atoms with E-state index in [1.54, 1.807) is 0 Å². The fraction of sp³-hybridized carbons (Fsp3) is 0.833. The maximum atomic E-state index is 11.9. The molecule has 1 heterocycles. The standard InChI is InChI=1S/C12H24N2O3S/c1-11(2)10-17-9-6-13-18(15,16)14-7-4-12(3)5-8-14/h12-13H,1,4-10H2,2-3H3. The van der Waals surface area contributed by atoms with E-state index in [0.29, 0.717) is 38.8 Å². The van der Waals surface area contributed by atoms with E-state index >= 15 is 0 Å². The monoisotopic (exact) mass is 276 g/mol. The summed E-state index contributed by atoms with van der Waals surface area (Å²) in [5.41, 5.74) is 0.933. The van der Waals surface area contributed by atoms with Crippen LogP contribution in [0.5, 0.6) is 0 Å². The summed E-state index contributed by atoms with van der Waals surface area (Å²) in [6.07, 6.45) is 1.88. The average Bonchev–Trinajstić information content (AvgIpc) is 2.28. The number of nitrogens with zero attached hydrogens (tertiary/aromatic N) is 1. The molecule has 5 nitrogen and oxygen atoms in total. The molecule has 0 saturated carbocycles. The lowest BCUT2D eigenvalue weighted by Gasteiger charge is -2.29. The predicted molar refractivity (Wildman–Crippen MR) is 72.5 cm³/mol. The topological polar surface area (TPSA) is 58.6 Å². The van der Waals surface area contributed by atoms with Crippen LogP contribution in [0, 0.1) is 5.92 Å². The number of ether oxygens (including phenoxy) is 1. The van der Waals surface area contributed by atoms with Crippen molar-refractivity contribution < 1.29 is 13.2 Å². The van der Waals surface area contributed by atoms with Crippen LogP contribution in [0.3, 0.4) is 0 Å². The van der Waals surface area contributed by atoms with Crippen molar-refractivity contribution >= 4 is 10.2 Å². The Morgan fingerprint density at radius 3 is 2.61 bits per heavy atom. The van der Waals surface area contributed by atoms with E-state index in [9.17, 15) is 8.42 Å². The van der Waals surface area contributed by atoms with Gasteiger partial charge in [-0.25, -0.2) is 0 Å². The molecular weight excluding hydrogens is 252 g/mol. The van der Waals surface area contributed by atoms with Crippen LogP contribution in [0.1, 0.15) is 26.7 Å². The van der Waals surface area contributed by atoms with Gasteiger partial charge in [0.2, 0.25) is 0 Å². The van der Waals surface area contributed by atoms with Gasteiger partial charge in [-0.05, 0) is 25.7 Å². The first-order chi connectivity index (χ1) is 8.42. The molecule has 1 rings (SSSR count). The van der Waals surface area contributed by atoms with Crippen LogP contribution in [-0.2, 0) is 14.9 Å². The molecule has 1 aliphatic heterocycles. The van der Waals surface area contributed by atoms with Crippen molar-refractivity contribution in [1.29, 1.82) is 0 Å². The van der Waals surface area contributed by atoms with Gasteiger partial charge in [0, 0.05) is 19.6 Å². The van der Waals surface area contributed by atoms with Crippen molar-refractivity contribution in [1.82, 2.24) is 9.03 Å². The summed E-state index contributed by atoms with van der Waals surface area (Å²) in [4.78, 5) is 0. The molecule has 0 atom stereocenters. The Labute approximate surface area is 110 Å². The van der Waals surface area contributed by atoms with E-state index in [1.165, 1.54) is 4.31 Å². The van der Waals surface area contributed by atoms with Gasteiger partial charge >= 0.3 is 0 Å². The highest BCUT2D eigenvalue weighted by Gasteiger charge is 2.25. The van der Waals surface area contributed by atoms with Gasteiger partial charge in [0.05, 0.1) is 13.2 Å². The van der Waals surface area contributed by atoms with Crippen LogP contribution in [0.25, 0.3) is 0 Å². The first kappa shape index (κ1) is 15.6. The summed E-state index contributed by atoms with van der Waals surface area (Å²) in [6, 6.07) is 0. The van der Waals surface area contributed by atoms with Gasteiger partial charge in [0.25, 0.3) is 10.2 Å². The van der Waals surface area contributed by atoms with Crippen molar-refractivity contribution in [3.63, 3.8) is 0 Å². The summed E-state index contributed by atoms with van der Waals surface area (Å²) in [5.74, 6) is 0.621. The fourth-order valence-corrected chi connectivity index (χ4v) is 3.02. The molecule has 1 fully saturated rings. The molecule has 1 saturated heterocycles. The van der Waals surface area contributed by atoms with Crippen molar-refractivity contribution in [3.8, 4) is 0 Å². The Morgan fingerprint density at radius 2 is 2.06 bits per heavy atom. The van der Waals surface area contributed by atoms with Crippen molar-refractivity contribution in [2.45, 2.75) is 26.7 Å². The maximum Gasteiger partial charge on any atom is 0.279 e. The van der Waals surface area contributed by atoms with Gasteiger partial charge in [-0.2, -0.15) is 17.4 Å². The van der Waals surface area contributed by atoms with Crippen molar-refractivity contribution in [2.75, 3.05) is 32.8 Å². The molecular formula is C12H24N2O3S. The third-order valence-electron chi connectivity index (χ3n) is 2.96. The second-order valence-electron chi connectivity index (χ2n) is 4.99. The van der Waals surface area contributed by atoms with E-state index < -0.39 is 10.2 Å². The smallest absolute Gasteiger partial charge is 0.279 e. The van der Waals surface area contributed by atoms with Gasteiger partial charge in [-0.15, -0.1) is 0 Å². The molecule has 1 N–H and O–H groups in total. The molecule has 0 aromatic carbocycles. The van der Waals surface area contributed by atoms with E-state index in [0.717, 1.165) is 18.4 Å². The Hall–Kier alpha value is -0.430. The molecule has 1 aliphatic rings. The Morgan fingerprint density at radius 1 is 1.44 bits per heavy atom. The van der Waals surface area contributed by atoms with Gasteiger partial charge < -0.3 is 4.74 Å². The van der Waals surface area contributed by atoms with Crippen LogP contribution in [0.4, 0.5) is 0 Å². The zero-order chi connectivity index (χ0) is 13.6. The normalized spacial score (nSPS) is 19.0. The van der Waals surface area contributed by atoms with Crippen molar-refractivity contribution in [2.24, 2.45) is 5.92 Å². The van der Waals surface area contributed by atoms with Crippen molar-refractivity contribution in [3.05, 3.63) is 12.2 Å². The molecule has 0 amide bonds. The van der Waals surface area contributed by atoms with E-state index in [2.05, 4.69) is 18.2 Å². The highest BCUT2D eigenvalue weighted by Crippen LogP contribution is 2.17. The lowest BCUT2D eigenvalue weighted by Crippen LogP contribution is -2.45. The molecule has 0 spiro atoms. The molecule has 0 unspecified atom stereocenters. The van der Waals surface area contributed by atoms with Crippen LogP contribution in [0.2, 0.25) is 0 Å². The number of hydrogen-bond donors (Lipinski definition) is 1. The number of hydrogen-bond acceptors (Lipinski definition) is 3. The molecule has 0 aromatic rings. The highest BCUT2D eigenvalue weighted by molar-refractivity contribution is 7.87. The van der Waals surface area contributed by atoms with Crippen LogP contribution in [-0.4, -0.2) is 45.6 Å². The maximum absolute atomic E-state index is 11.9.